The second-order valence-corrected chi connectivity index (χ2v) is 8.94. The number of nitrogens with two attached hydrogens (primary N) is 1. The van der Waals surface area contributed by atoms with Gasteiger partial charge in [0, 0.05) is 37.0 Å². The molecule has 2 aromatic rings. The number of aliphatic carboxylic acids is 1. The molecular formula is C25H29F4N3O5. The quantitative estimate of drug-likeness (QED) is 0.504. The van der Waals surface area contributed by atoms with Crippen molar-refractivity contribution in [3.63, 3.8) is 0 Å². The van der Waals surface area contributed by atoms with Gasteiger partial charge in [-0.05, 0) is 43.2 Å². The standard InChI is InChI=1S/C23H28FN3O3.C2HF3O2/c1-29-21-13-22(25)26-14-19(21)16-6-9-27(10-7-16)23(28)18-5-4-17(12-20(18)24)30-11-8-15-2-3-15;3-2(4,5)1(6)7/h4-5,12-16H,2-3,6-11H2,1H3,(H2,25,26);(H,6,7). The third-order valence-corrected chi connectivity index (χ3v) is 6.26. The number of benzene rings is 1. The highest BCUT2D eigenvalue weighted by molar-refractivity contribution is 5.94. The molecule has 202 valence electrons. The number of ether oxygens (including phenoxy) is 2. The van der Waals surface area contributed by atoms with Crippen molar-refractivity contribution in [2.24, 2.45) is 5.92 Å². The number of carbonyl (C=O) groups excluding carboxylic acids is 1. The Morgan fingerprint density at radius 2 is 1.81 bits per heavy atom. The Labute approximate surface area is 211 Å². The Hall–Kier alpha value is -3.57. The van der Waals surface area contributed by atoms with Crippen molar-refractivity contribution in [3.8, 4) is 11.5 Å². The molecule has 0 bridgehead atoms. The molecule has 1 amide bonds. The minimum Gasteiger partial charge on any atom is -0.496 e. The molecule has 1 saturated heterocycles. The minimum atomic E-state index is -5.08. The molecule has 0 unspecified atom stereocenters. The Morgan fingerprint density at radius 1 is 1.16 bits per heavy atom. The zero-order chi connectivity index (χ0) is 27.2. The largest absolute Gasteiger partial charge is 0.496 e. The number of methoxy groups -OCH3 is 1. The highest BCUT2D eigenvalue weighted by atomic mass is 19.4. The van der Waals surface area contributed by atoms with Gasteiger partial charge in [0.15, 0.2) is 0 Å². The summed E-state index contributed by atoms with van der Waals surface area (Å²) in [5.74, 6) is -0.965. The summed E-state index contributed by atoms with van der Waals surface area (Å²) in [4.78, 5) is 27.6. The summed E-state index contributed by atoms with van der Waals surface area (Å²) in [6, 6.07) is 6.25. The normalized spacial score (nSPS) is 16.0. The zero-order valence-corrected chi connectivity index (χ0v) is 20.3. The number of alkyl halides is 3. The van der Waals surface area contributed by atoms with E-state index in [1.807, 2.05) is 0 Å². The fourth-order valence-corrected chi connectivity index (χ4v) is 4.02. The number of hydrogen-bond acceptors (Lipinski definition) is 6. The fraction of sp³-hybridized carbons (Fsp3) is 0.480. The maximum atomic E-state index is 14.6. The number of halogens is 4. The molecule has 1 aromatic heterocycles. The van der Waals surface area contributed by atoms with Crippen LogP contribution in [0.5, 0.6) is 11.5 Å². The summed E-state index contributed by atoms with van der Waals surface area (Å²) in [6.07, 6.45) is 1.73. The van der Waals surface area contributed by atoms with E-state index in [-0.39, 0.29) is 17.4 Å². The van der Waals surface area contributed by atoms with Crippen LogP contribution in [0.25, 0.3) is 0 Å². The lowest BCUT2D eigenvalue weighted by Crippen LogP contribution is -2.38. The lowest BCUT2D eigenvalue weighted by atomic mass is 9.89. The van der Waals surface area contributed by atoms with E-state index < -0.39 is 18.0 Å². The summed E-state index contributed by atoms with van der Waals surface area (Å²) < 4.78 is 57.4. The number of nitrogen functional groups attached to an aromatic ring is 1. The number of rotatable bonds is 7. The van der Waals surface area contributed by atoms with Gasteiger partial charge in [0.1, 0.15) is 23.1 Å². The Bertz CT molecular complexity index is 1100. The van der Waals surface area contributed by atoms with Gasteiger partial charge in [-0.2, -0.15) is 13.2 Å². The predicted molar refractivity (Wildman–Crippen MR) is 126 cm³/mol. The molecule has 1 saturated carbocycles. The summed E-state index contributed by atoms with van der Waals surface area (Å²) in [5, 5.41) is 7.12. The lowest BCUT2D eigenvalue weighted by molar-refractivity contribution is -0.192. The topological polar surface area (TPSA) is 115 Å². The van der Waals surface area contributed by atoms with Crippen LogP contribution in [-0.2, 0) is 4.79 Å². The van der Waals surface area contributed by atoms with E-state index in [4.69, 9.17) is 25.1 Å². The first-order chi connectivity index (χ1) is 17.5. The van der Waals surface area contributed by atoms with Crippen LogP contribution in [0.15, 0.2) is 30.5 Å². The highest BCUT2D eigenvalue weighted by Gasteiger charge is 2.38. The van der Waals surface area contributed by atoms with Crippen molar-refractivity contribution in [1.29, 1.82) is 0 Å². The van der Waals surface area contributed by atoms with Gasteiger partial charge in [-0.25, -0.2) is 14.2 Å². The summed E-state index contributed by atoms with van der Waals surface area (Å²) in [6.45, 7) is 1.70. The maximum absolute atomic E-state index is 14.6. The maximum Gasteiger partial charge on any atom is 0.490 e. The number of pyridine rings is 1. The zero-order valence-electron chi connectivity index (χ0n) is 20.3. The monoisotopic (exact) mass is 527 g/mol. The van der Waals surface area contributed by atoms with E-state index in [1.165, 1.54) is 25.0 Å². The molecule has 3 N–H and O–H groups in total. The van der Waals surface area contributed by atoms with Crippen molar-refractivity contribution in [2.45, 2.75) is 44.2 Å². The molecule has 2 heterocycles. The van der Waals surface area contributed by atoms with Gasteiger partial charge in [-0.3, -0.25) is 4.79 Å². The van der Waals surface area contributed by atoms with Crippen LogP contribution in [0.2, 0.25) is 0 Å². The molecule has 2 aliphatic rings. The van der Waals surface area contributed by atoms with E-state index in [0.29, 0.717) is 31.3 Å². The van der Waals surface area contributed by atoms with Gasteiger partial charge in [0.2, 0.25) is 0 Å². The first kappa shape index (κ1) is 28.0. The van der Waals surface area contributed by atoms with Crippen molar-refractivity contribution in [3.05, 3.63) is 47.4 Å². The molecule has 12 heteroatoms. The smallest absolute Gasteiger partial charge is 0.490 e. The van der Waals surface area contributed by atoms with Crippen LogP contribution < -0.4 is 15.2 Å². The number of carbonyl (C=O) groups is 2. The Kier molecular flexibility index (Phi) is 9.17. The number of amides is 1. The van der Waals surface area contributed by atoms with Gasteiger partial charge in [-0.1, -0.05) is 12.8 Å². The third kappa shape index (κ3) is 7.96. The highest BCUT2D eigenvalue weighted by Crippen LogP contribution is 2.35. The first-order valence-electron chi connectivity index (χ1n) is 11.8. The molecule has 4 rings (SSSR count). The number of aromatic nitrogens is 1. The molecule has 0 atom stereocenters. The first-order valence-corrected chi connectivity index (χ1v) is 11.8. The SMILES string of the molecule is COc1cc(N)ncc1C1CCN(C(=O)c2ccc(OCCC3CC3)cc2F)CC1.O=C(O)C(F)(F)F. The molecule has 37 heavy (non-hydrogen) atoms. The van der Waals surface area contributed by atoms with Crippen LogP contribution >= 0.6 is 0 Å². The van der Waals surface area contributed by atoms with Crippen molar-refractivity contribution >= 4 is 17.7 Å². The summed E-state index contributed by atoms with van der Waals surface area (Å²) in [5.41, 5.74) is 6.83. The summed E-state index contributed by atoms with van der Waals surface area (Å²) in [7, 11) is 1.61. The number of anilines is 1. The van der Waals surface area contributed by atoms with E-state index in [0.717, 1.165) is 36.5 Å². The molecule has 0 radical (unpaired) electrons. The molecule has 2 fully saturated rings. The molecule has 1 aromatic carbocycles. The van der Waals surface area contributed by atoms with Gasteiger partial charge >= 0.3 is 12.1 Å². The molecular weight excluding hydrogens is 498 g/mol. The van der Waals surface area contributed by atoms with Crippen LogP contribution in [0.1, 0.15) is 53.9 Å². The Morgan fingerprint density at radius 3 is 2.35 bits per heavy atom. The minimum absolute atomic E-state index is 0.0923. The van der Waals surface area contributed by atoms with Crippen LogP contribution in [0.4, 0.5) is 23.4 Å². The molecule has 1 aliphatic heterocycles. The summed E-state index contributed by atoms with van der Waals surface area (Å²) >= 11 is 0. The van der Waals surface area contributed by atoms with Gasteiger partial charge in [0.25, 0.3) is 5.91 Å². The van der Waals surface area contributed by atoms with Gasteiger partial charge in [0.05, 0.1) is 19.3 Å². The number of hydrogen-bond donors (Lipinski definition) is 2. The number of piperidine rings is 1. The average Bonchev–Trinajstić information content (AvgIpc) is 3.68. The van der Waals surface area contributed by atoms with Crippen LogP contribution in [0.3, 0.4) is 0 Å². The van der Waals surface area contributed by atoms with Gasteiger partial charge < -0.3 is 25.2 Å². The molecule has 1 aliphatic carbocycles. The van der Waals surface area contributed by atoms with Gasteiger partial charge in [-0.15, -0.1) is 0 Å². The Balaban J connectivity index is 0.000000479. The average molecular weight is 528 g/mol. The van der Waals surface area contributed by atoms with E-state index >= 15 is 0 Å². The number of nitrogens with zero attached hydrogens (tertiary/aromatic N) is 2. The van der Waals surface area contributed by atoms with Crippen molar-refractivity contribution < 1.29 is 41.7 Å². The number of carboxylic acid groups (broad SMARTS) is 1. The van der Waals surface area contributed by atoms with E-state index in [9.17, 15) is 22.4 Å². The second kappa shape index (κ2) is 12.1. The number of likely N-dealkylation sites (tertiary alicyclic amines) is 1. The molecule has 0 spiro atoms. The van der Waals surface area contributed by atoms with Crippen molar-refractivity contribution in [1.82, 2.24) is 9.88 Å². The predicted octanol–water partition coefficient (Wildman–Crippen LogP) is 4.64. The van der Waals surface area contributed by atoms with Crippen LogP contribution in [-0.4, -0.2) is 59.8 Å². The van der Waals surface area contributed by atoms with Crippen molar-refractivity contribution in [2.75, 3.05) is 32.5 Å². The van der Waals surface area contributed by atoms with E-state index in [2.05, 4.69) is 4.98 Å². The lowest BCUT2D eigenvalue weighted by Gasteiger charge is -2.32. The van der Waals surface area contributed by atoms with Crippen LogP contribution in [0, 0.1) is 11.7 Å². The molecule has 8 nitrogen and oxygen atoms in total. The van der Waals surface area contributed by atoms with E-state index in [1.54, 1.807) is 30.3 Å². The number of carboxylic acids is 1. The fourth-order valence-electron chi connectivity index (χ4n) is 4.02. The second-order valence-electron chi connectivity index (χ2n) is 8.94. The third-order valence-electron chi connectivity index (χ3n) is 6.26.